The van der Waals surface area contributed by atoms with Crippen LogP contribution >= 0.6 is 0 Å². The van der Waals surface area contributed by atoms with Gasteiger partial charge in [0.2, 0.25) is 0 Å². The number of anilines is 1. The molecule has 0 aliphatic carbocycles. The van der Waals surface area contributed by atoms with Crippen LogP contribution in [-0.4, -0.2) is 57.6 Å². The first-order valence-electron chi connectivity index (χ1n) is 7.22. The molecule has 1 aliphatic rings. The Morgan fingerprint density at radius 2 is 2.22 bits per heavy atom. The second kappa shape index (κ2) is 5.12. The van der Waals surface area contributed by atoms with Gasteiger partial charge in [-0.2, -0.15) is 8.78 Å². The smallest absolute Gasteiger partial charge is 0.355 e. The number of β-amino-alcohol motifs (C(OH)–C–C–N with tert-alkyl or cyclic N) is 1. The number of alkyl halides is 2. The van der Waals surface area contributed by atoms with Crippen molar-refractivity contribution in [2.24, 2.45) is 0 Å². The lowest BCUT2D eigenvalue weighted by Crippen LogP contribution is -2.73. The van der Waals surface area contributed by atoms with E-state index in [1.807, 2.05) is 12.2 Å². The van der Waals surface area contributed by atoms with Crippen LogP contribution in [0.4, 0.5) is 14.6 Å². The predicted molar refractivity (Wildman–Crippen MR) is 79.4 cm³/mol. The van der Waals surface area contributed by atoms with Gasteiger partial charge in [0.15, 0.2) is 5.60 Å². The standard InChI is InChI=1S/C14H17F2N5O2/c1-3-8-4-18-10-9(8)11(20-7-19-10)21-5-13(23,6-21)14(15,16)12(22)17-2/h4,7,23H,3,5-6H2,1-2H3,(H,17,22)(H,18,19,20). The number of aromatic amines is 1. The first-order chi connectivity index (χ1) is 10.8. The summed E-state index contributed by atoms with van der Waals surface area (Å²) in [4.78, 5) is 24.1. The van der Waals surface area contributed by atoms with E-state index < -0.39 is 17.4 Å². The summed E-state index contributed by atoms with van der Waals surface area (Å²) in [6.07, 6.45) is 3.86. The number of carbonyl (C=O) groups is 1. The summed E-state index contributed by atoms with van der Waals surface area (Å²) >= 11 is 0. The van der Waals surface area contributed by atoms with Crippen LogP contribution in [0.2, 0.25) is 0 Å². The van der Waals surface area contributed by atoms with Gasteiger partial charge in [-0.25, -0.2) is 9.97 Å². The number of halogens is 2. The first-order valence-corrected chi connectivity index (χ1v) is 7.22. The van der Waals surface area contributed by atoms with E-state index in [4.69, 9.17) is 0 Å². The molecule has 7 nitrogen and oxygen atoms in total. The van der Waals surface area contributed by atoms with Crippen molar-refractivity contribution >= 4 is 22.8 Å². The molecule has 3 N–H and O–H groups in total. The predicted octanol–water partition coefficient (Wildman–Crippen LogP) is 0.453. The highest BCUT2D eigenvalue weighted by Crippen LogP contribution is 2.40. The SMILES string of the molecule is CCc1c[nH]c2ncnc(N3CC(O)(C(F)(F)C(=O)NC)C3)c12. The van der Waals surface area contributed by atoms with Crippen molar-refractivity contribution < 1.29 is 18.7 Å². The number of nitrogens with zero attached hydrogens (tertiary/aromatic N) is 3. The van der Waals surface area contributed by atoms with Crippen molar-refractivity contribution in [1.82, 2.24) is 20.3 Å². The number of H-pyrrole nitrogens is 1. The van der Waals surface area contributed by atoms with Crippen molar-refractivity contribution in [1.29, 1.82) is 0 Å². The third-order valence-corrected chi connectivity index (χ3v) is 4.21. The summed E-state index contributed by atoms with van der Waals surface area (Å²) in [5.74, 6) is -4.88. The monoisotopic (exact) mass is 325 g/mol. The van der Waals surface area contributed by atoms with Crippen LogP contribution in [0.15, 0.2) is 12.5 Å². The summed E-state index contributed by atoms with van der Waals surface area (Å²) in [5, 5.41) is 12.7. The van der Waals surface area contributed by atoms with E-state index in [1.165, 1.54) is 11.2 Å². The number of rotatable bonds is 4. The Hall–Kier alpha value is -2.29. The molecule has 3 heterocycles. The number of fused-ring (bicyclic) bond motifs is 1. The normalized spacial score (nSPS) is 17.2. The van der Waals surface area contributed by atoms with Crippen LogP contribution in [0.5, 0.6) is 0 Å². The van der Waals surface area contributed by atoms with Gasteiger partial charge in [0.25, 0.3) is 5.91 Å². The third kappa shape index (κ3) is 2.14. The van der Waals surface area contributed by atoms with E-state index in [0.717, 1.165) is 24.4 Å². The maximum atomic E-state index is 14.0. The molecule has 3 rings (SSSR count). The average molecular weight is 325 g/mol. The fourth-order valence-electron chi connectivity index (χ4n) is 2.83. The summed E-state index contributed by atoms with van der Waals surface area (Å²) in [6, 6.07) is 0. The number of hydrogen-bond donors (Lipinski definition) is 3. The molecule has 9 heteroatoms. The zero-order valence-electron chi connectivity index (χ0n) is 12.7. The Morgan fingerprint density at radius 3 is 2.83 bits per heavy atom. The van der Waals surface area contributed by atoms with Crippen LogP contribution in [0, 0.1) is 0 Å². The number of nitrogens with one attached hydrogen (secondary N) is 2. The number of carbonyl (C=O) groups excluding carboxylic acids is 1. The molecular formula is C14H17F2N5O2. The Bertz CT molecular complexity index is 755. The highest BCUT2D eigenvalue weighted by Gasteiger charge is 2.64. The first kappa shape index (κ1) is 15.6. The molecule has 2 aromatic rings. The van der Waals surface area contributed by atoms with E-state index in [9.17, 15) is 18.7 Å². The molecule has 1 saturated heterocycles. The fraction of sp³-hybridized carbons (Fsp3) is 0.500. The van der Waals surface area contributed by atoms with Gasteiger partial charge in [0, 0.05) is 13.2 Å². The Kier molecular flexibility index (Phi) is 3.47. The largest absolute Gasteiger partial charge is 0.379 e. The molecular weight excluding hydrogens is 308 g/mol. The summed E-state index contributed by atoms with van der Waals surface area (Å²) in [5.41, 5.74) is -0.836. The number of aromatic nitrogens is 3. The average Bonchev–Trinajstić information content (AvgIpc) is 2.93. The summed E-state index contributed by atoms with van der Waals surface area (Å²) < 4.78 is 28.0. The molecule has 0 spiro atoms. The van der Waals surface area contributed by atoms with Crippen LogP contribution in [0.25, 0.3) is 11.0 Å². The molecule has 1 aliphatic heterocycles. The van der Waals surface area contributed by atoms with Crippen molar-refractivity contribution in [3.05, 3.63) is 18.1 Å². The van der Waals surface area contributed by atoms with E-state index in [2.05, 4.69) is 15.0 Å². The van der Waals surface area contributed by atoms with E-state index >= 15 is 0 Å². The lowest BCUT2D eigenvalue weighted by Gasteiger charge is -2.49. The van der Waals surface area contributed by atoms with Crippen LogP contribution < -0.4 is 10.2 Å². The maximum Gasteiger partial charge on any atom is 0.355 e. The lowest BCUT2D eigenvalue weighted by molar-refractivity contribution is -0.199. The highest BCUT2D eigenvalue weighted by molar-refractivity contribution is 5.92. The van der Waals surface area contributed by atoms with Crippen molar-refractivity contribution in [2.45, 2.75) is 24.9 Å². The fourth-order valence-corrected chi connectivity index (χ4v) is 2.83. The van der Waals surface area contributed by atoms with Gasteiger partial charge in [0.1, 0.15) is 17.8 Å². The molecule has 0 saturated carbocycles. The molecule has 1 fully saturated rings. The number of aliphatic hydroxyl groups is 1. The van der Waals surface area contributed by atoms with Gasteiger partial charge in [-0.1, -0.05) is 6.92 Å². The molecule has 0 atom stereocenters. The molecule has 0 aromatic carbocycles. The molecule has 0 radical (unpaired) electrons. The Morgan fingerprint density at radius 1 is 1.52 bits per heavy atom. The third-order valence-electron chi connectivity index (χ3n) is 4.21. The number of aryl methyl sites for hydroxylation is 1. The minimum Gasteiger partial charge on any atom is -0.379 e. The molecule has 0 unspecified atom stereocenters. The van der Waals surface area contributed by atoms with Gasteiger partial charge in [-0.15, -0.1) is 0 Å². The minimum absolute atomic E-state index is 0.381. The number of amides is 1. The second-order valence-corrected chi connectivity index (χ2v) is 5.63. The summed E-state index contributed by atoms with van der Waals surface area (Å²) in [6.45, 7) is 1.20. The lowest BCUT2D eigenvalue weighted by atomic mass is 9.86. The van der Waals surface area contributed by atoms with Gasteiger partial charge in [0.05, 0.1) is 18.5 Å². The zero-order chi connectivity index (χ0) is 16.8. The van der Waals surface area contributed by atoms with Crippen LogP contribution in [-0.2, 0) is 11.2 Å². The molecule has 124 valence electrons. The molecule has 1 amide bonds. The van der Waals surface area contributed by atoms with E-state index in [0.29, 0.717) is 11.5 Å². The second-order valence-electron chi connectivity index (χ2n) is 5.63. The number of hydrogen-bond acceptors (Lipinski definition) is 5. The molecule has 2 aromatic heterocycles. The topological polar surface area (TPSA) is 94.1 Å². The summed E-state index contributed by atoms with van der Waals surface area (Å²) in [7, 11) is 1.11. The van der Waals surface area contributed by atoms with Crippen molar-refractivity contribution in [2.75, 3.05) is 25.0 Å². The molecule has 0 bridgehead atoms. The molecule has 23 heavy (non-hydrogen) atoms. The minimum atomic E-state index is -3.86. The Balaban J connectivity index is 1.90. The van der Waals surface area contributed by atoms with Gasteiger partial charge in [-0.3, -0.25) is 4.79 Å². The Labute approximate surface area is 130 Å². The van der Waals surface area contributed by atoms with Crippen molar-refractivity contribution in [3.8, 4) is 0 Å². The van der Waals surface area contributed by atoms with Gasteiger partial charge < -0.3 is 20.3 Å². The maximum absolute atomic E-state index is 14.0. The zero-order valence-corrected chi connectivity index (χ0v) is 12.7. The quantitative estimate of drug-likeness (QED) is 0.759. The van der Waals surface area contributed by atoms with Crippen molar-refractivity contribution in [3.63, 3.8) is 0 Å². The van der Waals surface area contributed by atoms with Crippen LogP contribution in [0.1, 0.15) is 12.5 Å². The van der Waals surface area contributed by atoms with Gasteiger partial charge >= 0.3 is 5.92 Å². The van der Waals surface area contributed by atoms with Crippen LogP contribution in [0.3, 0.4) is 0 Å². The van der Waals surface area contributed by atoms with E-state index in [-0.39, 0.29) is 13.1 Å². The van der Waals surface area contributed by atoms with E-state index in [1.54, 1.807) is 6.20 Å². The van der Waals surface area contributed by atoms with Gasteiger partial charge in [-0.05, 0) is 12.0 Å². The highest BCUT2D eigenvalue weighted by atomic mass is 19.3.